The maximum absolute atomic E-state index is 5.71. The van der Waals surface area contributed by atoms with E-state index in [-0.39, 0.29) is 0 Å². The van der Waals surface area contributed by atoms with Crippen molar-refractivity contribution in [2.24, 2.45) is 10.7 Å². The lowest BCUT2D eigenvalue weighted by molar-refractivity contribution is 0.235. The molecule has 0 saturated carbocycles. The van der Waals surface area contributed by atoms with Crippen LogP contribution in [0.2, 0.25) is 12.1 Å². The van der Waals surface area contributed by atoms with Crippen LogP contribution in [0, 0.1) is 0 Å². The zero-order valence-corrected chi connectivity index (χ0v) is 12.9. The molecule has 0 aromatic carbocycles. The summed E-state index contributed by atoms with van der Waals surface area (Å²) in [5, 5.41) is 0. The monoisotopic (exact) mass is 273 g/mol. The summed E-state index contributed by atoms with van der Waals surface area (Å²) in [5.74, 6) is 1.15. The molecule has 0 spiro atoms. The van der Waals surface area contributed by atoms with Gasteiger partial charge in [-0.2, -0.15) is 0 Å². The van der Waals surface area contributed by atoms with Gasteiger partial charge in [0.1, 0.15) is 0 Å². The Bertz CT molecular complexity index is 270. The third-order valence-corrected chi connectivity index (χ3v) is 7.24. The maximum atomic E-state index is 5.71. The maximum Gasteiger partial charge on any atom is 0.339 e. The van der Waals surface area contributed by atoms with Gasteiger partial charge in [-0.05, 0) is 32.4 Å². The Morgan fingerprint density at radius 3 is 2.61 bits per heavy atom. The summed E-state index contributed by atoms with van der Waals surface area (Å²) in [4.78, 5) is 6.82. The summed E-state index contributed by atoms with van der Waals surface area (Å²) in [5.41, 5.74) is 5.59. The van der Waals surface area contributed by atoms with E-state index >= 15 is 0 Å². The highest BCUT2D eigenvalue weighted by Gasteiger charge is 2.35. The molecule has 1 rings (SSSR count). The fraction of sp³-hybridized carbons (Fsp3) is 0.917. The van der Waals surface area contributed by atoms with Gasteiger partial charge >= 0.3 is 8.56 Å². The summed E-state index contributed by atoms with van der Waals surface area (Å²) in [6.45, 7) is 5.83. The molecule has 0 atom stereocenters. The first-order valence-electron chi connectivity index (χ1n) is 6.74. The van der Waals surface area contributed by atoms with Crippen molar-refractivity contribution in [1.82, 2.24) is 4.90 Å². The van der Waals surface area contributed by atoms with Crippen molar-refractivity contribution in [3.8, 4) is 0 Å². The van der Waals surface area contributed by atoms with Gasteiger partial charge in [-0.1, -0.05) is 0 Å². The molecule has 18 heavy (non-hydrogen) atoms. The van der Waals surface area contributed by atoms with Gasteiger partial charge in [-0.3, -0.25) is 4.99 Å². The van der Waals surface area contributed by atoms with Gasteiger partial charge in [0.15, 0.2) is 0 Å². The van der Waals surface area contributed by atoms with Gasteiger partial charge in [0.2, 0.25) is 0 Å². The number of rotatable bonds is 8. The van der Waals surface area contributed by atoms with Crippen molar-refractivity contribution < 1.29 is 8.85 Å². The normalized spacial score (nSPS) is 16.9. The molecule has 0 fully saturated rings. The quantitative estimate of drug-likeness (QED) is 0.675. The standard InChI is InChI=1S/C12H27N3O2Si/c1-12-14-7-5-8-15(12)9-11-18(16-2,17-3)10-4-6-13/h4-11,13H2,1-3H3. The Labute approximate surface area is 112 Å². The summed E-state index contributed by atoms with van der Waals surface area (Å²) < 4.78 is 11.4. The van der Waals surface area contributed by atoms with Gasteiger partial charge < -0.3 is 19.5 Å². The van der Waals surface area contributed by atoms with E-state index in [4.69, 9.17) is 14.6 Å². The predicted molar refractivity (Wildman–Crippen MR) is 77.2 cm³/mol. The van der Waals surface area contributed by atoms with E-state index in [0.717, 1.165) is 50.4 Å². The highest BCUT2D eigenvalue weighted by atomic mass is 28.4. The van der Waals surface area contributed by atoms with Crippen LogP contribution in [0.25, 0.3) is 0 Å². The van der Waals surface area contributed by atoms with Crippen LogP contribution >= 0.6 is 0 Å². The topological polar surface area (TPSA) is 60.1 Å². The molecule has 1 aliphatic heterocycles. The summed E-state index contributed by atoms with van der Waals surface area (Å²) >= 11 is 0. The predicted octanol–water partition coefficient (Wildman–Crippen LogP) is 1.19. The van der Waals surface area contributed by atoms with E-state index in [1.807, 2.05) is 0 Å². The Morgan fingerprint density at radius 2 is 2.06 bits per heavy atom. The zero-order chi connectivity index (χ0) is 13.4. The molecule has 0 aliphatic carbocycles. The van der Waals surface area contributed by atoms with Gasteiger partial charge in [0, 0.05) is 39.9 Å². The van der Waals surface area contributed by atoms with Crippen LogP contribution in [0.4, 0.5) is 0 Å². The molecule has 1 aliphatic rings. The first-order valence-corrected chi connectivity index (χ1v) is 8.97. The van der Waals surface area contributed by atoms with Crippen LogP contribution in [0.15, 0.2) is 4.99 Å². The van der Waals surface area contributed by atoms with E-state index in [1.165, 1.54) is 0 Å². The lowest BCUT2D eigenvalue weighted by Crippen LogP contribution is -2.45. The minimum absolute atomic E-state index is 0.700. The van der Waals surface area contributed by atoms with Gasteiger partial charge in [-0.25, -0.2) is 0 Å². The van der Waals surface area contributed by atoms with E-state index in [9.17, 15) is 0 Å². The SMILES string of the molecule is CO[Si](CCCN)(CCN1CCCN=C1C)OC. The molecule has 6 heteroatoms. The van der Waals surface area contributed by atoms with Crippen LogP contribution in [0.3, 0.4) is 0 Å². The summed E-state index contributed by atoms with van der Waals surface area (Å²) in [7, 11) is 1.48. The minimum Gasteiger partial charge on any atom is -0.398 e. The largest absolute Gasteiger partial charge is 0.398 e. The second-order valence-corrected chi connectivity index (χ2v) is 8.37. The van der Waals surface area contributed by atoms with Crippen molar-refractivity contribution >= 4 is 14.4 Å². The number of hydrogen-bond donors (Lipinski definition) is 1. The summed E-state index contributed by atoms with van der Waals surface area (Å²) in [6.07, 6.45) is 2.12. The number of nitrogens with zero attached hydrogens (tertiary/aromatic N) is 2. The fourth-order valence-electron chi connectivity index (χ4n) is 2.33. The molecular weight excluding hydrogens is 246 g/mol. The smallest absolute Gasteiger partial charge is 0.339 e. The second-order valence-electron chi connectivity index (χ2n) is 4.73. The van der Waals surface area contributed by atoms with E-state index in [2.05, 4.69) is 16.8 Å². The van der Waals surface area contributed by atoms with Crippen molar-refractivity contribution in [2.45, 2.75) is 31.9 Å². The molecule has 1 heterocycles. The van der Waals surface area contributed by atoms with Crippen molar-refractivity contribution in [3.05, 3.63) is 0 Å². The lowest BCUT2D eigenvalue weighted by atomic mass is 10.3. The molecule has 0 unspecified atom stereocenters. The lowest BCUT2D eigenvalue weighted by Gasteiger charge is -2.32. The van der Waals surface area contributed by atoms with E-state index in [0.29, 0.717) is 6.54 Å². The molecular formula is C12H27N3O2Si. The Hall–Kier alpha value is -0.433. The molecule has 5 nitrogen and oxygen atoms in total. The molecule has 0 saturated heterocycles. The van der Waals surface area contributed by atoms with E-state index in [1.54, 1.807) is 14.2 Å². The summed E-state index contributed by atoms with van der Waals surface area (Å²) in [6, 6.07) is 1.95. The second kappa shape index (κ2) is 7.88. The molecule has 2 N–H and O–H groups in total. The van der Waals surface area contributed by atoms with Gasteiger partial charge in [0.25, 0.3) is 0 Å². The average Bonchev–Trinajstić information content (AvgIpc) is 2.41. The number of aliphatic imine (C=N–C) groups is 1. The first kappa shape index (κ1) is 15.6. The van der Waals surface area contributed by atoms with E-state index < -0.39 is 8.56 Å². The molecule has 106 valence electrons. The Kier molecular flexibility index (Phi) is 6.84. The third kappa shape index (κ3) is 4.35. The van der Waals surface area contributed by atoms with Gasteiger partial charge in [-0.15, -0.1) is 0 Å². The molecule has 0 aromatic heterocycles. The number of nitrogens with two attached hydrogens (primary N) is 1. The third-order valence-electron chi connectivity index (χ3n) is 3.65. The number of amidine groups is 1. The number of hydrogen-bond acceptors (Lipinski definition) is 5. The molecule has 0 bridgehead atoms. The van der Waals surface area contributed by atoms with Crippen molar-refractivity contribution in [1.29, 1.82) is 0 Å². The molecule has 0 radical (unpaired) electrons. The zero-order valence-electron chi connectivity index (χ0n) is 11.9. The van der Waals surface area contributed by atoms with Crippen molar-refractivity contribution in [3.63, 3.8) is 0 Å². The van der Waals surface area contributed by atoms with Crippen LogP contribution in [-0.2, 0) is 8.85 Å². The van der Waals surface area contributed by atoms with Crippen LogP contribution in [-0.4, -0.2) is 59.7 Å². The highest BCUT2D eigenvalue weighted by Crippen LogP contribution is 2.20. The minimum atomic E-state index is -2.05. The molecule has 0 amide bonds. The van der Waals surface area contributed by atoms with Crippen molar-refractivity contribution in [2.75, 3.05) is 40.4 Å². The molecule has 0 aromatic rings. The average molecular weight is 273 g/mol. The Morgan fingerprint density at radius 1 is 1.33 bits per heavy atom. The van der Waals surface area contributed by atoms with Crippen LogP contribution in [0.5, 0.6) is 0 Å². The van der Waals surface area contributed by atoms with Gasteiger partial charge in [0.05, 0.1) is 5.84 Å². The van der Waals surface area contributed by atoms with Crippen LogP contribution < -0.4 is 5.73 Å². The first-order chi connectivity index (χ1) is 8.67. The van der Waals surface area contributed by atoms with Crippen LogP contribution in [0.1, 0.15) is 19.8 Å². The Balaban J connectivity index is 2.50. The highest BCUT2D eigenvalue weighted by molar-refractivity contribution is 6.67. The fourth-order valence-corrected chi connectivity index (χ4v) is 4.92.